The summed E-state index contributed by atoms with van der Waals surface area (Å²) in [5.41, 5.74) is 0.898. The van der Waals surface area contributed by atoms with Crippen LogP contribution in [0.4, 0.5) is 0 Å². The molecule has 0 radical (unpaired) electrons. The van der Waals surface area contributed by atoms with Gasteiger partial charge >= 0.3 is 0 Å². The van der Waals surface area contributed by atoms with E-state index in [1.54, 1.807) is 24.3 Å². The standard InChI is InChI=1S/C14H10Cl2N2O2/c15-11-1-3-13(19)9(5-11)7-17-18-8-10-6-12(16)2-4-14(10)20/h1-8,19-20H/b17-7-,18-8-. The molecule has 2 rings (SSSR count). The first-order valence-electron chi connectivity index (χ1n) is 5.59. The van der Waals surface area contributed by atoms with Gasteiger partial charge in [-0.1, -0.05) is 23.2 Å². The molecular weight excluding hydrogens is 299 g/mol. The lowest BCUT2D eigenvalue weighted by Gasteiger charge is -1.98. The lowest BCUT2D eigenvalue weighted by Crippen LogP contribution is -1.84. The molecule has 4 nitrogen and oxygen atoms in total. The van der Waals surface area contributed by atoms with Crippen molar-refractivity contribution in [2.75, 3.05) is 0 Å². The zero-order valence-corrected chi connectivity index (χ0v) is 11.7. The number of nitrogens with zero attached hydrogens (tertiary/aromatic N) is 2. The second kappa shape index (κ2) is 6.41. The summed E-state index contributed by atoms with van der Waals surface area (Å²) in [4.78, 5) is 0. The molecule has 102 valence electrons. The summed E-state index contributed by atoms with van der Waals surface area (Å²) in [6.07, 6.45) is 2.72. The highest BCUT2D eigenvalue weighted by atomic mass is 35.5. The molecule has 2 aromatic carbocycles. The Kier molecular flexibility index (Phi) is 4.61. The SMILES string of the molecule is Oc1ccc(Cl)cc1/C=N\N=C/c1cc(Cl)ccc1O. The van der Waals surface area contributed by atoms with Gasteiger partial charge in [-0.3, -0.25) is 0 Å². The second-order valence-electron chi connectivity index (χ2n) is 3.90. The Hall–Kier alpha value is -2.04. The minimum Gasteiger partial charge on any atom is -0.507 e. The molecule has 0 spiro atoms. The molecule has 0 aliphatic heterocycles. The molecule has 0 atom stereocenters. The van der Waals surface area contributed by atoms with E-state index in [2.05, 4.69) is 10.2 Å². The minimum absolute atomic E-state index is 0.0546. The Morgan fingerprint density at radius 2 is 1.15 bits per heavy atom. The highest BCUT2D eigenvalue weighted by Crippen LogP contribution is 2.20. The molecule has 2 N–H and O–H groups in total. The number of halogens is 2. The van der Waals surface area contributed by atoms with Crippen molar-refractivity contribution in [2.24, 2.45) is 10.2 Å². The zero-order chi connectivity index (χ0) is 14.5. The van der Waals surface area contributed by atoms with Crippen LogP contribution >= 0.6 is 23.2 Å². The fourth-order valence-electron chi connectivity index (χ4n) is 1.45. The van der Waals surface area contributed by atoms with E-state index in [9.17, 15) is 10.2 Å². The van der Waals surface area contributed by atoms with E-state index in [-0.39, 0.29) is 11.5 Å². The Morgan fingerprint density at radius 3 is 1.55 bits per heavy atom. The summed E-state index contributed by atoms with van der Waals surface area (Å²) < 4.78 is 0. The third kappa shape index (κ3) is 3.73. The van der Waals surface area contributed by atoms with E-state index in [0.717, 1.165) is 0 Å². The van der Waals surface area contributed by atoms with Gasteiger partial charge in [-0.15, -0.1) is 0 Å². The fourth-order valence-corrected chi connectivity index (χ4v) is 1.81. The molecular formula is C14H10Cl2N2O2. The molecule has 2 aromatic rings. The lowest BCUT2D eigenvalue weighted by atomic mass is 10.2. The third-order valence-corrected chi connectivity index (χ3v) is 2.91. The Balaban J connectivity index is 2.15. The van der Waals surface area contributed by atoms with Gasteiger partial charge in [0.05, 0.1) is 12.4 Å². The van der Waals surface area contributed by atoms with Crippen molar-refractivity contribution in [1.82, 2.24) is 0 Å². The van der Waals surface area contributed by atoms with Crippen molar-refractivity contribution in [3.8, 4) is 11.5 Å². The number of phenols is 2. The van der Waals surface area contributed by atoms with E-state index >= 15 is 0 Å². The molecule has 0 bridgehead atoms. The Labute approximate surface area is 125 Å². The van der Waals surface area contributed by atoms with Crippen LogP contribution in [0.3, 0.4) is 0 Å². The van der Waals surface area contributed by atoms with Gasteiger partial charge in [-0.2, -0.15) is 10.2 Å². The molecule has 6 heteroatoms. The summed E-state index contributed by atoms with van der Waals surface area (Å²) in [7, 11) is 0. The predicted octanol–water partition coefficient (Wildman–Crippen LogP) is 3.86. The minimum atomic E-state index is 0.0546. The van der Waals surface area contributed by atoms with E-state index in [4.69, 9.17) is 23.2 Å². The molecule has 0 aromatic heterocycles. The number of benzene rings is 2. The second-order valence-corrected chi connectivity index (χ2v) is 4.77. The van der Waals surface area contributed by atoms with E-state index in [1.807, 2.05) is 0 Å². The molecule has 0 saturated heterocycles. The van der Waals surface area contributed by atoms with Crippen LogP contribution in [0.1, 0.15) is 11.1 Å². The molecule has 0 aliphatic carbocycles. The van der Waals surface area contributed by atoms with E-state index in [0.29, 0.717) is 21.2 Å². The van der Waals surface area contributed by atoms with Crippen molar-refractivity contribution in [3.63, 3.8) is 0 Å². The van der Waals surface area contributed by atoms with Gasteiger partial charge in [-0.25, -0.2) is 0 Å². The van der Waals surface area contributed by atoms with Crippen LogP contribution in [0, 0.1) is 0 Å². The monoisotopic (exact) mass is 308 g/mol. The van der Waals surface area contributed by atoms with Crippen molar-refractivity contribution >= 4 is 35.6 Å². The maximum Gasteiger partial charge on any atom is 0.124 e. The van der Waals surface area contributed by atoms with E-state index < -0.39 is 0 Å². The Bertz CT molecular complexity index is 625. The van der Waals surface area contributed by atoms with Gasteiger partial charge in [0.25, 0.3) is 0 Å². The van der Waals surface area contributed by atoms with Gasteiger partial charge in [0.2, 0.25) is 0 Å². The van der Waals surface area contributed by atoms with Crippen molar-refractivity contribution in [2.45, 2.75) is 0 Å². The zero-order valence-electron chi connectivity index (χ0n) is 10.2. The summed E-state index contributed by atoms with van der Waals surface area (Å²) in [5.74, 6) is 0.109. The summed E-state index contributed by atoms with van der Waals surface area (Å²) in [6, 6.07) is 9.20. The highest BCUT2D eigenvalue weighted by Gasteiger charge is 1.99. The summed E-state index contributed by atoms with van der Waals surface area (Å²) in [6.45, 7) is 0. The quantitative estimate of drug-likeness (QED) is 0.668. The molecule has 0 saturated carbocycles. The fraction of sp³-hybridized carbons (Fsp3) is 0. The van der Waals surface area contributed by atoms with Crippen LogP contribution in [-0.2, 0) is 0 Å². The molecule has 20 heavy (non-hydrogen) atoms. The number of aromatic hydroxyl groups is 2. The van der Waals surface area contributed by atoms with Crippen LogP contribution in [-0.4, -0.2) is 22.6 Å². The Morgan fingerprint density at radius 1 is 0.750 bits per heavy atom. The number of phenolic OH excluding ortho intramolecular Hbond substituents is 2. The highest BCUT2D eigenvalue weighted by molar-refractivity contribution is 6.31. The maximum atomic E-state index is 9.57. The predicted molar refractivity (Wildman–Crippen MR) is 81.4 cm³/mol. The number of rotatable bonds is 3. The van der Waals surface area contributed by atoms with Gasteiger partial charge < -0.3 is 10.2 Å². The normalized spacial score (nSPS) is 11.5. The third-order valence-electron chi connectivity index (χ3n) is 2.44. The largest absolute Gasteiger partial charge is 0.507 e. The first-order chi connectivity index (χ1) is 9.56. The van der Waals surface area contributed by atoms with Gasteiger partial charge in [0.15, 0.2) is 0 Å². The maximum absolute atomic E-state index is 9.57. The van der Waals surface area contributed by atoms with Crippen molar-refractivity contribution in [1.29, 1.82) is 0 Å². The van der Waals surface area contributed by atoms with Gasteiger partial charge in [0, 0.05) is 21.2 Å². The van der Waals surface area contributed by atoms with Crippen LogP contribution in [0.15, 0.2) is 46.6 Å². The smallest absolute Gasteiger partial charge is 0.124 e. The first kappa shape index (κ1) is 14.4. The molecule has 0 unspecified atom stereocenters. The van der Waals surface area contributed by atoms with Gasteiger partial charge in [0.1, 0.15) is 11.5 Å². The number of hydrogen-bond acceptors (Lipinski definition) is 4. The lowest BCUT2D eigenvalue weighted by molar-refractivity contribution is 0.474. The van der Waals surface area contributed by atoms with Crippen LogP contribution in [0.25, 0.3) is 0 Å². The first-order valence-corrected chi connectivity index (χ1v) is 6.35. The van der Waals surface area contributed by atoms with Crippen LogP contribution < -0.4 is 0 Å². The van der Waals surface area contributed by atoms with Gasteiger partial charge in [-0.05, 0) is 36.4 Å². The average molecular weight is 309 g/mol. The number of hydrogen-bond donors (Lipinski definition) is 2. The molecule has 0 heterocycles. The van der Waals surface area contributed by atoms with Crippen molar-refractivity contribution in [3.05, 3.63) is 57.6 Å². The van der Waals surface area contributed by atoms with Crippen LogP contribution in [0.5, 0.6) is 11.5 Å². The topological polar surface area (TPSA) is 65.2 Å². The summed E-state index contributed by atoms with van der Waals surface area (Å²) >= 11 is 11.6. The van der Waals surface area contributed by atoms with Crippen molar-refractivity contribution < 1.29 is 10.2 Å². The van der Waals surface area contributed by atoms with E-state index in [1.165, 1.54) is 24.6 Å². The molecule has 0 amide bonds. The average Bonchev–Trinajstić information content (AvgIpc) is 2.42. The molecule has 0 aliphatic rings. The van der Waals surface area contributed by atoms with Crippen LogP contribution in [0.2, 0.25) is 10.0 Å². The molecule has 0 fully saturated rings. The summed E-state index contributed by atoms with van der Waals surface area (Å²) in [5, 5.41) is 27.7.